The molecule has 1 aromatic heterocycles. The smallest absolute Gasteiger partial charge is 0.193 e. The molecule has 0 bridgehead atoms. The highest BCUT2D eigenvalue weighted by Crippen LogP contribution is 2.31. The Morgan fingerprint density at radius 1 is 1.08 bits per heavy atom. The number of nitrogens with zero attached hydrogens (tertiary/aromatic N) is 2. The van der Waals surface area contributed by atoms with Crippen molar-refractivity contribution in [3.05, 3.63) is 59.4 Å². The molecule has 1 unspecified atom stereocenters. The summed E-state index contributed by atoms with van der Waals surface area (Å²) in [5, 5.41) is 3.57. The summed E-state index contributed by atoms with van der Waals surface area (Å²) in [5.74, 6) is 0.947. The number of aromatic nitrogens is 1. The lowest BCUT2D eigenvalue weighted by Crippen LogP contribution is -2.42. The van der Waals surface area contributed by atoms with Gasteiger partial charge >= 0.3 is 0 Å². The van der Waals surface area contributed by atoms with Gasteiger partial charge in [-0.25, -0.2) is 0 Å². The maximum Gasteiger partial charge on any atom is 0.193 e. The van der Waals surface area contributed by atoms with E-state index in [0.29, 0.717) is 12.1 Å². The molecule has 2 heterocycles. The van der Waals surface area contributed by atoms with Crippen LogP contribution < -0.4 is 10.1 Å². The highest BCUT2D eigenvalue weighted by atomic mass is 16.5. The molecule has 1 aliphatic rings. The van der Waals surface area contributed by atoms with E-state index in [2.05, 4.69) is 61.1 Å². The van der Waals surface area contributed by atoms with Crippen molar-refractivity contribution in [2.75, 3.05) is 13.1 Å². The quantitative estimate of drug-likeness (QED) is 0.869. The van der Waals surface area contributed by atoms with Gasteiger partial charge < -0.3 is 4.74 Å². The maximum atomic E-state index is 6.29. The number of nitrogens with one attached hydrogen (secondary N) is 1. The molecule has 1 N–H and O–H groups in total. The molecule has 0 saturated heterocycles. The number of ether oxygens (including phenoxy) is 1. The highest BCUT2D eigenvalue weighted by molar-refractivity contribution is 5.41. The zero-order valence-electron chi connectivity index (χ0n) is 15.7. The first-order chi connectivity index (χ1) is 12.1. The Balaban J connectivity index is 1.76. The fraction of sp³-hybridized carbons (Fsp3) is 0.476. The van der Waals surface area contributed by atoms with E-state index >= 15 is 0 Å². The van der Waals surface area contributed by atoms with Gasteiger partial charge in [0, 0.05) is 37.8 Å². The third-order valence-electron chi connectivity index (χ3n) is 4.80. The Hall–Kier alpha value is -1.91. The molecule has 0 aliphatic carbocycles. The molecule has 1 atom stereocenters. The van der Waals surface area contributed by atoms with Crippen LogP contribution in [-0.4, -0.2) is 35.1 Å². The van der Waals surface area contributed by atoms with Crippen LogP contribution in [0.2, 0.25) is 0 Å². The van der Waals surface area contributed by atoms with Crippen LogP contribution in [0.15, 0.2) is 42.6 Å². The third kappa shape index (κ3) is 4.20. The van der Waals surface area contributed by atoms with E-state index in [-0.39, 0.29) is 6.23 Å². The lowest BCUT2D eigenvalue weighted by atomic mass is 10.0. The molecule has 2 aromatic rings. The Bertz CT molecular complexity index is 691. The summed E-state index contributed by atoms with van der Waals surface area (Å²) in [4.78, 5) is 7.09. The summed E-state index contributed by atoms with van der Waals surface area (Å²) in [6.07, 6.45) is 2.50. The topological polar surface area (TPSA) is 37.4 Å². The van der Waals surface area contributed by atoms with Crippen molar-refractivity contribution in [1.82, 2.24) is 15.2 Å². The van der Waals surface area contributed by atoms with Gasteiger partial charge in [-0.15, -0.1) is 0 Å². The molecule has 3 rings (SSSR count). The van der Waals surface area contributed by atoms with Crippen LogP contribution in [-0.2, 0) is 6.42 Å². The van der Waals surface area contributed by atoms with Gasteiger partial charge in [0.15, 0.2) is 6.23 Å². The van der Waals surface area contributed by atoms with Crippen molar-refractivity contribution >= 4 is 0 Å². The molecule has 4 nitrogen and oxygen atoms in total. The van der Waals surface area contributed by atoms with Crippen molar-refractivity contribution in [2.45, 2.75) is 52.4 Å². The van der Waals surface area contributed by atoms with Gasteiger partial charge in [-0.05, 0) is 51.0 Å². The molecular formula is C21H29N3O. The minimum absolute atomic E-state index is 0.207. The van der Waals surface area contributed by atoms with Crippen LogP contribution in [0, 0.1) is 0 Å². The van der Waals surface area contributed by atoms with Crippen molar-refractivity contribution in [2.24, 2.45) is 0 Å². The zero-order chi connectivity index (χ0) is 17.8. The molecule has 1 aromatic carbocycles. The molecule has 0 saturated carbocycles. The summed E-state index contributed by atoms with van der Waals surface area (Å²) < 4.78 is 6.29. The van der Waals surface area contributed by atoms with Gasteiger partial charge in [0.25, 0.3) is 0 Å². The number of pyridine rings is 1. The Labute approximate surface area is 151 Å². The van der Waals surface area contributed by atoms with Crippen molar-refractivity contribution in [1.29, 1.82) is 0 Å². The molecule has 0 radical (unpaired) electrons. The lowest BCUT2D eigenvalue weighted by Gasteiger charge is -2.31. The number of hydrogen-bond donors (Lipinski definition) is 1. The standard InChI is InChI=1S/C21H29N3O/c1-15(2)24(16(3)4)13-12-23-21-20-18(9-7-11-22-20)14-17-8-5-6-10-19(17)25-21/h5-11,15-16,21,23H,12-14H2,1-4H3. The second-order valence-corrected chi connectivity index (χ2v) is 7.21. The Morgan fingerprint density at radius 2 is 1.80 bits per heavy atom. The van der Waals surface area contributed by atoms with Crippen LogP contribution in [0.1, 0.15) is 50.7 Å². The van der Waals surface area contributed by atoms with Gasteiger partial charge in [-0.1, -0.05) is 24.3 Å². The molecule has 0 spiro atoms. The number of rotatable bonds is 6. The van der Waals surface area contributed by atoms with Gasteiger partial charge in [0.1, 0.15) is 5.75 Å². The van der Waals surface area contributed by atoms with E-state index in [9.17, 15) is 0 Å². The monoisotopic (exact) mass is 339 g/mol. The summed E-state index contributed by atoms with van der Waals surface area (Å²) in [5.41, 5.74) is 3.45. The number of hydrogen-bond acceptors (Lipinski definition) is 4. The molecule has 1 aliphatic heterocycles. The van der Waals surface area contributed by atoms with Gasteiger partial charge in [0.05, 0.1) is 5.69 Å². The first kappa shape index (κ1) is 17.9. The Morgan fingerprint density at radius 3 is 2.56 bits per heavy atom. The summed E-state index contributed by atoms with van der Waals surface area (Å²) in [7, 11) is 0. The number of benzene rings is 1. The van der Waals surface area contributed by atoms with E-state index in [1.54, 1.807) is 0 Å². The van der Waals surface area contributed by atoms with E-state index in [4.69, 9.17) is 4.74 Å². The fourth-order valence-electron chi connectivity index (χ4n) is 3.56. The van der Waals surface area contributed by atoms with Gasteiger partial charge in [-0.2, -0.15) is 0 Å². The molecule has 0 fully saturated rings. The largest absolute Gasteiger partial charge is 0.469 e. The summed E-state index contributed by atoms with van der Waals surface area (Å²) in [6, 6.07) is 13.5. The zero-order valence-corrected chi connectivity index (χ0v) is 15.7. The van der Waals surface area contributed by atoms with Crippen LogP contribution in [0.25, 0.3) is 0 Å². The normalized spacial score (nSPS) is 16.5. The van der Waals surface area contributed by atoms with Gasteiger partial charge in [0.2, 0.25) is 0 Å². The summed E-state index contributed by atoms with van der Waals surface area (Å²) >= 11 is 0. The SMILES string of the molecule is CC(C)N(CCNC1Oc2ccccc2Cc2cccnc21)C(C)C. The molecule has 25 heavy (non-hydrogen) atoms. The first-order valence-corrected chi connectivity index (χ1v) is 9.23. The number of para-hydroxylation sites is 1. The second-order valence-electron chi connectivity index (χ2n) is 7.21. The molecule has 4 heteroatoms. The third-order valence-corrected chi connectivity index (χ3v) is 4.80. The van der Waals surface area contributed by atoms with E-state index in [1.807, 2.05) is 24.4 Å². The minimum Gasteiger partial charge on any atom is -0.469 e. The molecule has 0 amide bonds. The maximum absolute atomic E-state index is 6.29. The lowest BCUT2D eigenvalue weighted by molar-refractivity contribution is 0.135. The molecular weight excluding hydrogens is 310 g/mol. The Kier molecular flexibility index (Phi) is 5.71. The van der Waals surface area contributed by atoms with Crippen LogP contribution in [0.5, 0.6) is 5.75 Å². The average molecular weight is 339 g/mol. The average Bonchev–Trinajstić information content (AvgIpc) is 2.74. The minimum atomic E-state index is -0.207. The van der Waals surface area contributed by atoms with E-state index < -0.39 is 0 Å². The highest BCUT2D eigenvalue weighted by Gasteiger charge is 2.24. The predicted octanol–water partition coefficient (Wildman–Crippen LogP) is 3.77. The van der Waals surface area contributed by atoms with Gasteiger partial charge in [-0.3, -0.25) is 15.2 Å². The van der Waals surface area contributed by atoms with E-state index in [0.717, 1.165) is 31.0 Å². The number of fused-ring (bicyclic) bond motifs is 2. The van der Waals surface area contributed by atoms with Crippen molar-refractivity contribution < 1.29 is 4.74 Å². The second kappa shape index (κ2) is 7.98. The molecule has 134 valence electrons. The van der Waals surface area contributed by atoms with Crippen molar-refractivity contribution in [3.63, 3.8) is 0 Å². The summed E-state index contributed by atoms with van der Waals surface area (Å²) in [6.45, 7) is 10.8. The van der Waals surface area contributed by atoms with E-state index in [1.165, 1.54) is 11.1 Å². The first-order valence-electron chi connectivity index (χ1n) is 9.23. The van der Waals surface area contributed by atoms with Crippen molar-refractivity contribution in [3.8, 4) is 5.75 Å². The van der Waals surface area contributed by atoms with Crippen LogP contribution in [0.4, 0.5) is 0 Å². The fourth-order valence-corrected chi connectivity index (χ4v) is 3.56. The van der Waals surface area contributed by atoms with Crippen LogP contribution in [0.3, 0.4) is 0 Å². The van der Waals surface area contributed by atoms with Crippen LogP contribution >= 0.6 is 0 Å². The predicted molar refractivity (Wildman–Crippen MR) is 102 cm³/mol.